The first-order chi connectivity index (χ1) is 14.5. The minimum atomic E-state index is -3.55. The summed E-state index contributed by atoms with van der Waals surface area (Å²) in [6.45, 7) is 1.03. The molecule has 4 bridgehead atoms. The number of rotatable bonds is 2. The summed E-state index contributed by atoms with van der Waals surface area (Å²) in [5, 5.41) is 6.46. The van der Waals surface area contributed by atoms with Gasteiger partial charge in [-0.15, -0.1) is 0 Å². The van der Waals surface area contributed by atoms with Gasteiger partial charge >= 0.3 is 0 Å². The molecule has 0 spiro atoms. The summed E-state index contributed by atoms with van der Waals surface area (Å²) in [4.78, 5) is 9.28. The Balaban J connectivity index is 1.73. The second-order valence-electron chi connectivity index (χ2n) is 6.87. The molecule has 3 N–H and O–H groups in total. The number of hydrogen-bond donors (Lipinski definition) is 3. The fourth-order valence-electron chi connectivity index (χ4n) is 3.20. The van der Waals surface area contributed by atoms with E-state index in [2.05, 4.69) is 25.3 Å². The maximum absolute atomic E-state index is 12.5. The van der Waals surface area contributed by atoms with Crippen LogP contribution >= 0.6 is 0 Å². The maximum Gasteiger partial charge on any atom is 0.240 e. The molecular formula is C21H23N5O3S. The third-order valence-corrected chi connectivity index (χ3v) is 6.22. The summed E-state index contributed by atoms with van der Waals surface area (Å²) in [5.41, 5.74) is 2.40. The summed E-state index contributed by atoms with van der Waals surface area (Å²) in [7, 11) is -1.92. The molecule has 9 heteroatoms. The smallest absolute Gasteiger partial charge is 0.240 e. The Hall–Kier alpha value is -3.17. The molecule has 0 aliphatic carbocycles. The molecule has 0 radical (unpaired) electrons. The van der Waals surface area contributed by atoms with Gasteiger partial charge in [0.15, 0.2) is 0 Å². The molecule has 0 atom stereocenters. The lowest BCUT2D eigenvalue weighted by molar-refractivity contribution is 0.415. The minimum Gasteiger partial charge on any atom is -0.497 e. The molecule has 1 aromatic heterocycles. The van der Waals surface area contributed by atoms with Crippen molar-refractivity contribution in [2.75, 3.05) is 30.8 Å². The molecule has 1 aliphatic rings. The van der Waals surface area contributed by atoms with Gasteiger partial charge in [0.1, 0.15) is 11.6 Å². The Morgan fingerprint density at radius 2 is 1.87 bits per heavy atom. The highest BCUT2D eigenvalue weighted by molar-refractivity contribution is 7.89. The van der Waals surface area contributed by atoms with Crippen LogP contribution in [0.1, 0.15) is 12.8 Å². The summed E-state index contributed by atoms with van der Waals surface area (Å²) in [5.74, 6) is 1.84. The molecule has 0 saturated heterocycles. The lowest BCUT2D eigenvalue weighted by Crippen LogP contribution is -2.25. The highest BCUT2D eigenvalue weighted by atomic mass is 32.2. The molecule has 0 unspecified atom stereocenters. The Morgan fingerprint density at radius 3 is 2.73 bits per heavy atom. The third-order valence-electron chi connectivity index (χ3n) is 4.76. The Kier molecular flexibility index (Phi) is 5.82. The Morgan fingerprint density at radius 1 is 1.03 bits per heavy atom. The van der Waals surface area contributed by atoms with Crippen LogP contribution in [0.25, 0.3) is 11.1 Å². The van der Waals surface area contributed by atoms with Gasteiger partial charge in [0.25, 0.3) is 0 Å². The standard InChI is InChI=1S/C21H23N5O3S/c1-29-17-8-4-6-15(12-17)19-14-23-21-25-16-7-5-9-18(13-16)30(27,28)24-11-3-2-10-22-20(19)26-21/h4-9,12-14,24H,2-3,10-11H2,1H3,(H2,22,23,25,26). The first-order valence-corrected chi connectivity index (χ1v) is 11.2. The number of fused-ring (bicyclic) bond motifs is 4. The lowest BCUT2D eigenvalue weighted by atomic mass is 10.1. The number of nitrogens with zero attached hydrogens (tertiary/aromatic N) is 2. The molecule has 1 aliphatic heterocycles. The zero-order chi connectivity index (χ0) is 21.0. The van der Waals surface area contributed by atoms with Crippen molar-refractivity contribution in [3.05, 3.63) is 54.7 Å². The number of nitrogens with one attached hydrogen (secondary N) is 3. The number of aromatic nitrogens is 2. The van der Waals surface area contributed by atoms with E-state index < -0.39 is 10.0 Å². The fraction of sp³-hybridized carbons (Fsp3) is 0.238. The summed E-state index contributed by atoms with van der Waals surface area (Å²) in [6.07, 6.45) is 3.24. The van der Waals surface area contributed by atoms with E-state index in [0.717, 1.165) is 23.3 Å². The van der Waals surface area contributed by atoms with Gasteiger partial charge in [0.05, 0.1) is 12.0 Å². The van der Waals surface area contributed by atoms with Crippen LogP contribution < -0.4 is 20.1 Å². The van der Waals surface area contributed by atoms with E-state index in [4.69, 9.17) is 4.74 Å². The maximum atomic E-state index is 12.5. The normalized spacial score (nSPS) is 15.9. The van der Waals surface area contributed by atoms with Gasteiger partial charge in [-0.1, -0.05) is 18.2 Å². The zero-order valence-electron chi connectivity index (χ0n) is 16.6. The van der Waals surface area contributed by atoms with Gasteiger partial charge in [0, 0.05) is 30.5 Å². The Labute approximate surface area is 175 Å². The van der Waals surface area contributed by atoms with Crippen LogP contribution in [0.2, 0.25) is 0 Å². The van der Waals surface area contributed by atoms with Crippen LogP contribution in [-0.4, -0.2) is 38.6 Å². The van der Waals surface area contributed by atoms with Crippen molar-refractivity contribution in [3.8, 4) is 16.9 Å². The molecule has 4 rings (SSSR count). The van der Waals surface area contributed by atoms with Crippen LogP contribution in [0.15, 0.2) is 59.6 Å². The van der Waals surface area contributed by atoms with Gasteiger partial charge < -0.3 is 15.4 Å². The van der Waals surface area contributed by atoms with E-state index >= 15 is 0 Å². The van der Waals surface area contributed by atoms with Crippen LogP contribution in [0.3, 0.4) is 0 Å². The summed E-state index contributed by atoms with van der Waals surface area (Å²) < 4.78 is 32.9. The average molecular weight is 426 g/mol. The summed E-state index contributed by atoms with van der Waals surface area (Å²) in [6, 6.07) is 14.3. The minimum absolute atomic E-state index is 0.205. The predicted octanol–water partition coefficient (Wildman–Crippen LogP) is 3.38. The van der Waals surface area contributed by atoms with Crippen molar-refractivity contribution < 1.29 is 13.2 Å². The van der Waals surface area contributed by atoms with Gasteiger partial charge in [-0.25, -0.2) is 18.1 Å². The number of sulfonamides is 1. The Bertz CT molecular complexity index is 1150. The molecule has 30 heavy (non-hydrogen) atoms. The van der Waals surface area contributed by atoms with Crippen molar-refractivity contribution in [2.24, 2.45) is 0 Å². The van der Waals surface area contributed by atoms with E-state index in [0.29, 0.717) is 37.0 Å². The van der Waals surface area contributed by atoms with Crippen LogP contribution in [0.5, 0.6) is 5.75 Å². The number of hydrogen-bond acceptors (Lipinski definition) is 7. The highest BCUT2D eigenvalue weighted by Gasteiger charge is 2.16. The van der Waals surface area contributed by atoms with Crippen molar-refractivity contribution in [2.45, 2.75) is 17.7 Å². The van der Waals surface area contributed by atoms with Gasteiger partial charge in [-0.2, -0.15) is 4.98 Å². The van der Waals surface area contributed by atoms with Crippen LogP contribution in [0, 0.1) is 0 Å². The molecule has 0 amide bonds. The molecular weight excluding hydrogens is 402 g/mol. The molecule has 2 aromatic carbocycles. The first-order valence-electron chi connectivity index (χ1n) is 9.67. The fourth-order valence-corrected chi connectivity index (χ4v) is 4.32. The molecule has 0 fully saturated rings. The molecule has 3 aromatic rings. The number of anilines is 3. The second kappa shape index (κ2) is 8.68. The van der Waals surface area contributed by atoms with E-state index in [1.54, 1.807) is 37.6 Å². The lowest BCUT2D eigenvalue weighted by Gasteiger charge is -2.15. The van der Waals surface area contributed by atoms with E-state index in [-0.39, 0.29) is 4.90 Å². The monoisotopic (exact) mass is 425 g/mol. The quantitative estimate of drug-likeness (QED) is 0.578. The largest absolute Gasteiger partial charge is 0.497 e. The van der Waals surface area contributed by atoms with Crippen LogP contribution in [0.4, 0.5) is 17.5 Å². The topological polar surface area (TPSA) is 105 Å². The SMILES string of the molecule is COc1cccc(-c2cnc3nc2NCCCCNS(=O)(=O)c2cccc(c2)N3)c1. The first kappa shape index (κ1) is 20.1. The van der Waals surface area contributed by atoms with Crippen molar-refractivity contribution in [3.63, 3.8) is 0 Å². The molecule has 2 heterocycles. The highest BCUT2D eigenvalue weighted by Crippen LogP contribution is 2.30. The van der Waals surface area contributed by atoms with Gasteiger partial charge in [-0.3, -0.25) is 0 Å². The predicted molar refractivity (Wildman–Crippen MR) is 117 cm³/mol. The van der Waals surface area contributed by atoms with Crippen LogP contribution in [-0.2, 0) is 10.0 Å². The third kappa shape index (κ3) is 4.52. The van der Waals surface area contributed by atoms with Crippen molar-refractivity contribution >= 4 is 27.5 Å². The number of benzene rings is 2. The van der Waals surface area contributed by atoms with Gasteiger partial charge in [0.2, 0.25) is 16.0 Å². The zero-order valence-corrected chi connectivity index (χ0v) is 17.4. The van der Waals surface area contributed by atoms with E-state index in [1.807, 2.05) is 24.3 Å². The molecule has 8 nitrogen and oxygen atoms in total. The average Bonchev–Trinajstić information content (AvgIpc) is 2.76. The van der Waals surface area contributed by atoms with E-state index in [9.17, 15) is 8.42 Å². The molecule has 156 valence electrons. The second-order valence-corrected chi connectivity index (χ2v) is 8.64. The van der Waals surface area contributed by atoms with Crippen molar-refractivity contribution in [1.29, 1.82) is 0 Å². The number of ether oxygens (including phenoxy) is 1. The van der Waals surface area contributed by atoms with E-state index in [1.165, 1.54) is 0 Å². The number of methoxy groups -OCH3 is 1. The van der Waals surface area contributed by atoms with Gasteiger partial charge in [-0.05, 0) is 48.7 Å². The van der Waals surface area contributed by atoms with Crippen molar-refractivity contribution in [1.82, 2.24) is 14.7 Å². The molecule has 0 saturated carbocycles. The summed E-state index contributed by atoms with van der Waals surface area (Å²) >= 11 is 0.